The minimum Gasteiger partial charge on any atom is -0.341 e. The number of nitrogens with two attached hydrogens (primary N) is 1. The monoisotopic (exact) mass is 314 g/mol. The summed E-state index contributed by atoms with van der Waals surface area (Å²) in [4.78, 5) is 13.9. The number of nitrogens with zero attached hydrogens (tertiary/aromatic N) is 1. The molecule has 0 radical (unpaired) electrons. The Kier molecular flexibility index (Phi) is 5.11. The highest BCUT2D eigenvalue weighted by Gasteiger charge is 2.34. The number of benzene rings is 1. The Labute approximate surface area is 128 Å². The molecule has 3 nitrogen and oxygen atoms in total. The van der Waals surface area contributed by atoms with Gasteiger partial charge in [-0.2, -0.15) is 13.2 Å². The van der Waals surface area contributed by atoms with Crippen LogP contribution in [0, 0.1) is 0 Å². The predicted octanol–water partition coefficient (Wildman–Crippen LogP) is 3.15. The Hall–Kier alpha value is -1.56. The van der Waals surface area contributed by atoms with E-state index >= 15 is 0 Å². The van der Waals surface area contributed by atoms with E-state index in [1.807, 2.05) is 0 Å². The van der Waals surface area contributed by atoms with Gasteiger partial charge in [0.1, 0.15) is 0 Å². The fraction of sp³-hybridized carbons (Fsp3) is 0.562. The van der Waals surface area contributed by atoms with E-state index in [1.54, 1.807) is 17.9 Å². The topological polar surface area (TPSA) is 46.3 Å². The van der Waals surface area contributed by atoms with E-state index < -0.39 is 17.7 Å². The van der Waals surface area contributed by atoms with Crippen LogP contribution in [0.1, 0.15) is 43.2 Å². The SMILES string of the molecule is C[C@@H](CC(=O)N1CCC[C@H](N)C1)c1ccccc1C(F)(F)F. The van der Waals surface area contributed by atoms with Gasteiger partial charge in [0, 0.05) is 25.6 Å². The predicted molar refractivity (Wildman–Crippen MR) is 78.3 cm³/mol. The molecule has 0 bridgehead atoms. The molecule has 2 atom stereocenters. The van der Waals surface area contributed by atoms with Crippen molar-refractivity contribution in [1.82, 2.24) is 4.90 Å². The average Bonchev–Trinajstić information content (AvgIpc) is 2.46. The van der Waals surface area contributed by atoms with Crippen LogP contribution in [-0.2, 0) is 11.0 Å². The maximum absolute atomic E-state index is 13.0. The molecular formula is C16H21F3N2O. The summed E-state index contributed by atoms with van der Waals surface area (Å²) < 4.78 is 39.1. The number of hydrogen-bond donors (Lipinski definition) is 1. The van der Waals surface area contributed by atoms with Crippen LogP contribution < -0.4 is 5.73 Å². The first-order valence-electron chi connectivity index (χ1n) is 7.48. The molecular weight excluding hydrogens is 293 g/mol. The number of carbonyl (C=O) groups excluding carboxylic acids is 1. The molecule has 6 heteroatoms. The zero-order valence-corrected chi connectivity index (χ0v) is 12.6. The Morgan fingerprint density at radius 3 is 2.73 bits per heavy atom. The van der Waals surface area contributed by atoms with Crippen LogP contribution in [0.25, 0.3) is 0 Å². The normalized spacial score (nSPS) is 20.8. The lowest BCUT2D eigenvalue weighted by Gasteiger charge is -2.31. The standard InChI is InChI=1S/C16H21F3N2O/c1-11(9-15(22)21-8-4-5-12(20)10-21)13-6-2-3-7-14(13)16(17,18)19/h2-3,6-7,11-12H,4-5,8-10,20H2,1H3/t11-,12-/m0/s1. The van der Waals surface area contributed by atoms with Gasteiger partial charge in [-0.1, -0.05) is 25.1 Å². The van der Waals surface area contributed by atoms with Crippen molar-refractivity contribution in [3.8, 4) is 0 Å². The molecule has 1 amide bonds. The first kappa shape index (κ1) is 16.8. The molecule has 1 aromatic carbocycles. The van der Waals surface area contributed by atoms with Crippen molar-refractivity contribution in [2.24, 2.45) is 5.73 Å². The smallest absolute Gasteiger partial charge is 0.341 e. The summed E-state index contributed by atoms with van der Waals surface area (Å²) in [5.74, 6) is -0.608. The maximum atomic E-state index is 13.0. The molecule has 1 heterocycles. The molecule has 2 N–H and O–H groups in total. The van der Waals surface area contributed by atoms with Gasteiger partial charge in [-0.3, -0.25) is 4.79 Å². The molecule has 0 aromatic heterocycles. The summed E-state index contributed by atoms with van der Waals surface area (Å²) in [6, 6.07) is 5.42. The summed E-state index contributed by atoms with van der Waals surface area (Å²) in [5, 5.41) is 0. The molecule has 0 aliphatic carbocycles. The van der Waals surface area contributed by atoms with Gasteiger partial charge in [0.25, 0.3) is 0 Å². The third kappa shape index (κ3) is 4.00. The summed E-state index contributed by atoms with van der Waals surface area (Å²) in [6.07, 6.45) is -2.60. The number of hydrogen-bond acceptors (Lipinski definition) is 2. The number of piperidine rings is 1. The van der Waals surface area contributed by atoms with E-state index in [2.05, 4.69) is 0 Å². The van der Waals surface area contributed by atoms with E-state index in [1.165, 1.54) is 12.1 Å². The van der Waals surface area contributed by atoms with Crippen molar-refractivity contribution in [3.05, 3.63) is 35.4 Å². The quantitative estimate of drug-likeness (QED) is 0.931. The lowest BCUT2D eigenvalue weighted by molar-refractivity contribution is -0.139. The summed E-state index contributed by atoms with van der Waals surface area (Å²) >= 11 is 0. The third-order valence-electron chi connectivity index (χ3n) is 4.09. The summed E-state index contributed by atoms with van der Waals surface area (Å²) in [5.41, 5.74) is 5.35. The van der Waals surface area contributed by atoms with Crippen molar-refractivity contribution in [3.63, 3.8) is 0 Å². The van der Waals surface area contributed by atoms with Crippen LogP contribution in [0.5, 0.6) is 0 Å². The Morgan fingerprint density at radius 2 is 2.09 bits per heavy atom. The number of alkyl halides is 3. The number of amides is 1. The van der Waals surface area contributed by atoms with E-state index in [-0.39, 0.29) is 23.9 Å². The summed E-state index contributed by atoms with van der Waals surface area (Å²) in [7, 11) is 0. The van der Waals surface area contributed by atoms with Gasteiger partial charge >= 0.3 is 6.18 Å². The molecule has 1 aliphatic heterocycles. The van der Waals surface area contributed by atoms with Crippen LogP contribution in [0.4, 0.5) is 13.2 Å². The second-order valence-electron chi connectivity index (χ2n) is 5.93. The molecule has 1 fully saturated rings. The lowest BCUT2D eigenvalue weighted by atomic mass is 9.92. The average molecular weight is 314 g/mol. The van der Waals surface area contributed by atoms with Gasteiger partial charge in [0.2, 0.25) is 5.91 Å². The zero-order valence-electron chi connectivity index (χ0n) is 12.6. The fourth-order valence-corrected chi connectivity index (χ4v) is 2.92. The second kappa shape index (κ2) is 6.69. The van der Waals surface area contributed by atoms with Crippen molar-refractivity contribution >= 4 is 5.91 Å². The van der Waals surface area contributed by atoms with Gasteiger partial charge in [0.15, 0.2) is 0 Å². The summed E-state index contributed by atoms with van der Waals surface area (Å²) in [6.45, 7) is 2.79. The van der Waals surface area contributed by atoms with E-state index in [9.17, 15) is 18.0 Å². The molecule has 2 rings (SSSR count). The Balaban J connectivity index is 2.09. The van der Waals surface area contributed by atoms with Crippen LogP contribution in [0.3, 0.4) is 0 Å². The van der Waals surface area contributed by atoms with Crippen molar-refractivity contribution in [2.75, 3.05) is 13.1 Å². The minimum atomic E-state index is -4.40. The van der Waals surface area contributed by atoms with Crippen molar-refractivity contribution in [2.45, 2.75) is 44.3 Å². The van der Waals surface area contributed by atoms with Gasteiger partial charge in [-0.05, 0) is 30.4 Å². The molecule has 1 saturated heterocycles. The van der Waals surface area contributed by atoms with E-state index in [4.69, 9.17) is 5.73 Å². The molecule has 0 unspecified atom stereocenters. The Morgan fingerprint density at radius 1 is 1.41 bits per heavy atom. The fourth-order valence-electron chi connectivity index (χ4n) is 2.92. The number of carbonyl (C=O) groups is 1. The molecule has 0 saturated carbocycles. The maximum Gasteiger partial charge on any atom is 0.416 e. The van der Waals surface area contributed by atoms with Gasteiger partial charge in [-0.15, -0.1) is 0 Å². The van der Waals surface area contributed by atoms with Gasteiger partial charge in [-0.25, -0.2) is 0 Å². The first-order chi connectivity index (χ1) is 10.3. The van der Waals surface area contributed by atoms with Gasteiger partial charge in [0.05, 0.1) is 5.56 Å². The number of rotatable bonds is 3. The van der Waals surface area contributed by atoms with Gasteiger partial charge < -0.3 is 10.6 Å². The van der Waals surface area contributed by atoms with Crippen LogP contribution in [-0.4, -0.2) is 29.9 Å². The van der Waals surface area contributed by atoms with Crippen LogP contribution in [0.2, 0.25) is 0 Å². The molecule has 0 spiro atoms. The molecule has 1 aliphatic rings. The van der Waals surface area contributed by atoms with Crippen molar-refractivity contribution in [1.29, 1.82) is 0 Å². The lowest BCUT2D eigenvalue weighted by Crippen LogP contribution is -2.45. The molecule has 22 heavy (non-hydrogen) atoms. The molecule has 122 valence electrons. The highest BCUT2D eigenvalue weighted by molar-refractivity contribution is 5.77. The van der Waals surface area contributed by atoms with Crippen LogP contribution >= 0.6 is 0 Å². The third-order valence-corrected chi connectivity index (χ3v) is 4.09. The van der Waals surface area contributed by atoms with Crippen molar-refractivity contribution < 1.29 is 18.0 Å². The molecule has 1 aromatic rings. The second-order valence-corrected chi connectivity index (χ2v) is 5.93. The Bertz CT molecular complexity index is 530. The zero-order chi connectivity index (χ0) is 16.3. The highest BCUT2D eigenvalue weighted by Crippen LogP contribution is 2.36. The van der Waals surface area contributed by atoms with E-state index in [0.717, 1.165) is 18.9 Å². The largest absolute Gasteiger partial charge is 0.416 e. The van der Waals surface area contributed by atoms with E-state index in [0.29, 0.717) is 13.1 Å². The number of halogens is 3. The van der Waals surface area contributed by atoms with Crippen LogP contribution in [0.15, 0.2) is 24.3 Å². The first-order valence-corrected chi connectivity index (χ1v) is 7.48. The highest BCUT2D eigenvalue weighted by atomic mass is 19.4. The number of likely N-dealkylation sites (tertiary alicyclic amines) is 1. The minimum absolute atomic E-state index is 0.0320.